The summed E-state index contributed by atoms with van der Waals surface area (Å²) >= 11 is 0. The molecule has 1 N–H and O–H groups in total. The number of sulfonamides is 1. The van der Waals surface area contributed by atoms with Gasteiger partial charge in [0.25, 0.3) is 0 Å². The molecule has 0 aliphatic carbocycles. The van der Waals surface area contributed by atoms with Gasteiger partial charge in [0, 0.05) is 19.6 Å². The van der Waals surface area contributed by atoms with Gasteiger partial charge in [-0.2, -0.15) is 4.31 Å². The van der Waals surface area contributed by atoms with Crippen LogP contribution in [0.15, 0.2) is 23.1 Å². The Morgan fingerprint density at radius 2 is 2.05 bits per heavy atom. The molecule has 0 amide bonds. The maximum Gasteiger partial charge on any atom is 0.243 e. The molecule has 0 spiro atoms. The van der Waals surface area contributed by atoms with Crippen LogP contribution in [0.25, 0.3) is 0 Å². The Bertz CT molecular complexity index is 627. The highest BCUT2D eigenvalue weighted by molar-refractivity contribution is 7.89. The second-order valence-electron chi connectivity index (χ2n) is 6.43. The van der Waals surface area contributed by atoms with Crippen molar-refractivity contribution in [3.63, 3.8) is 0 Å². The van der Waals surface area contributed by atoms with E-state index >= 15 is 0 Å². The van der Waals surface area contributed by atoms with E-state index in [-0.39, 0.29) is 0 Å². The van der Waals surface area contributed by atoms with Crippen molar-refractivity contribution in [3.8, 4) is 0 Å². The highest BCUT2D eigenvalue weighted by Crippen LogP contribution is 2.30. The van der Waals surface area contributed by atoms with Crippen molar-refractivity contribution in [3.05, 3.63) is 29.3 Å². The van der Waals surface area contributed by atoms with Crippen LogP contribution in [-0.2, 0) is 23.0 Å². The lowest BCUT2D eigenvalue weighted by Gasteiger charge is -2.35. The molecule has 2 atom stereocenters. The molecule has 2 aliphatic heterocycles. The Morgan fingerprint density at radius 3 is 2.81 bits per heavy atom. The number of hydrogen-bond donors (Lipinski definition) is 1. The summed E-state index contributed by atoms with van der Waals surface area (Å²) in [6.45, 7) is 7.28. The molecule has 5 heteroatoms. The van der Waals surface area contributed by atoms with Gasteiger partial charge in [-0.25, -0.2) is 8.42 Å². The Labute approximate surface area is 127 Å². The average Bonchev–Trinajstić information content (AvgIpc) is 2.49. The van der Waals surface area contributed by atoms with Gasteiger partial charge in [0.15, 0.2) is 0 Å². The molecule has 1 aromatic carbocycles. The zero-order chi connectivity index (χ0) is 15.0. The van der Waals surface area contributed by atoms with Crippen LogP contribution in [0.3, 0.4) is 0 Å². The lowest BCUT2D eigenvalue weighted by molar-refractivity contribution is 0.212. The van der Waals surface area contributed by atoms with Gasteiger partial charge in [0.05, 0.1) is 4.90 Å². The second-order valence-corrected chi connectivity index (χ2v) is 8.33. The SMILES string of the molecule is CC1CCN(S(=O)(=O)c2cccc3c2CCNC3)CC1C. The lowest BCUT2D eigenvalue weighted by atomic mass is 9.90. The summed E-state index contributed by atoms with van der Waals surface area (Å²) in [5.74, 6) is 1.03. The zero-order valence-electron chi connectivity index (χ0n) is 12.8. The molecule has 0 saturated carbocycles. The topological polar surface area (TPSA) is 49.4 Å². The zero-order valence-corrected chi connectivity index (χ0v) is 13.6. The van der Waals surface area contributed by atoms with Crippen molar-refractivity contribution in [1.82, 2.24) is 9.62 Å². The Kier molecular flexibility index (Phi) is 4.08. The maximum absolute atomic E-state index is 13.0. The predicted molar refractivity (Wildman–Crippen MR) is 83.6 cm³/mol. The number of nitrogens with one attached hydrogen (secondary N) is 1. The highest BCUT2D eigenvalue weighted by Gasteiger charge is 2.33. The molecule has 2 aliphatic rings. The summed E-state index contributed by atoms with van der Waals surface area (Å²) in [4.78, 5) is 0.531. The first-order chi connectivity index (χ1) is 10.00. The third-order valence-electron chi connectivity index (χ3n) is 5.01. The van der Waals surface area contributed by atoms with Gasteiger partial charge in [-0.15, -0.1) is 0 Å². The molecule has 4 nitrogen and oxygen atoms in total. The molecule has 0 aromatic heterocycles. The monoisotopic (exact) mass is 308 g/mol. The van der Waals surface area contributed by atoms with E-state index in [1.165, 1.54) is 0 Å². The molecule has 2 unspecified atom stereocenters. The number of fused-ring (bicyclic) bond motifs is 1. The number of piperidine rings is 1. The van der Waals surface area contributed by atoms with Crippen molar-refractivity contribution in [2.45, 2.75) is 38.1 Å². The van der Waals surface area contributed by atoms with E-state index in [1.807, 2.05) is 12.1 Å². The summed E-state index contributed by atoms with van der Waals surface area (Å²) in [7, 11) is -3.35. The van der Waals surface area contributed by atoms with Gasteiger partial charge in [-0.1, -0.05) is 26.0 Å². The summed E-state index contributed by atoms with van der Waals surface area (Å²) in [6.07, 6.45) is 1.75. The van der Waals surface area contributed by atoms with Crippen LogP contribution in [0.4, 0.5) is 0 Å². The first kappa shape index (κ1) is 15.0. The minimum atomic E-state index is -3.35. The summed E-state index contributed by atoms with van der Waals surface area (Å²) < 4.78 is 27.7. The van der Waals surface area contributed by atoms with Crippen LogP contribution < -0.4 is 5.32 Å². The van der Waals surface area contributed by atoms with Crippen molar-refractivity contribution >= 4 is 10.0 Å². The molecule has 21 heavy (non-hydrogen) atoms. The fourth-order valence-corrected chi connectivity index (χ4v) is 5.17. The van der Waals surface area contributed by atoms with Gasteiger partial charge >= 0.3 is 0 Å². The van der Waals surface area contributed by atoms with Crippen molar-refractivity contribution in [1.29, 1.82) is 0 Å². The van der Waals surface area contributed by atoms with Crippen molar-refractivity contribution in [2.24, 2.45) is 11.8 Å². The van der Waals surface area contributed by atoms with Crippen LogP contribution in [0.1, 0.15) is 31.4 Å². The van der Waals surface area contributed by atoms with E-state index in [1.54, 1.807) is 10.4 Å². The predicted octanol–water partition coefficient (Wildman–Crippen LogP) is 2.00. The fraction of sp³-hybridized carbons (Fsp3) is 0.625. The number of benzene rings is 1. The third-order valence-corrected chi connectivity index (χ3v) is 6.96. The van der Waals surface area contributed by atoms with Crippen LogP contribution >= 0.6 is 0 Å². The molecule has 1 aromatic rings. The minimum Gasteiger partial charge on any atom is -0.312 e. The van der Waals surface area contributed by atoms with Crippen LogP contribution in [-0.4, -0.2) is 32.4 Å². The Hall–Kier alpha value is -0.910. The molecule has 1 fully saturated rings. The van der Waals surface area contributed by atoms with Gasteiger partial charge in [-0.3, -0.25) is 0 Å². The van der Waals surface area contributed by atoms with E-state index < -0.39 is 10.0 Å². The molecular weight excluding hydrogens is 284 g/mol. The van der Waals surface area contributed by atoms with Crippen molar-refractivity contribution < 1.29 is 8.42 Å². The molecule has 0 bridgehead atoms. The van der Waals surface area contributed by atoms with Gasteiger partial charge < -0.3 is 5.32 Å². The summed E-state index contributed by atoms with van der Waals surface area (Å²) in [5.41, 5.74) is 2.14. The second kappa shape index (κ2) is 5.71. The normalized spacial score (nSPS) is 27.3. The van der Waals surface area contributed by atoms with E-state index in [9.17, 15) is 8.42 Å². The highest BCUT2D eigenvalue weighted by atomic mass is 32.2. The van der Waals surface area contributed by atoms with E-state index in [4.69, 9.17) is 0 Å². The molecular formula is C16H24N2O2S. The van der Waals surface area contributed by atoms with Crippen LogP contribution in [0.5, 0.6) is 0 Å². The maximum atomic E-state index is 13.0. The van der Waals surface area contributed by atoms with E-state index in [0.717, 1.165) is 37.1 Å². The van der Waals surface area contributed by atoms with Crippen LogP contribution in [0, 0.1) is 11.8 Å². The van der Waals surface area contributed by atoms with Gasteiger partial charge in [-0.05, 0) is 48.4 Å². The summed E-state index contributed by atoms with van der Waals surface area (Å²) in [5, 5.41) is 3.30. The molecule has 2 heterocycles. The molecule has 1 saturated heterocycles. The molecule has 0 radical (unpaired) electrons. The van der Waals surface area contributed by atoms with Crippen LogP contribution in [0.2, 0.25) is 0 Å². The first-order valence-corrected chi connectivity index (χ1v) is 9.26. The lowest BCUT2D eigenvalue weighted by Crippen LogP contribution is -2.42. The quantitative estimate of drug-likeness (QED) is 0.909. The summed E-state index contributed by atoms with van der Waals surface area (Å²) in [6, 6.07) is 5.68. The van der Waals surface area contributed by atoms with E-state index in [2.05, 4.69) is 19.2 Å². The standard InChI is InChI=1S/C16H24N2O2S/c1-12-7-9-18(11-13(12)2)21(19,20)16-5-3-4-14-10-17-8-6-15(14)16/h3-5,12-13,17H,6-11H2,1-2H3. The largest absolute Gasteiger partial charge is 0.312 e. The molecule has 3 rings (SSSR count). The number of rotatable bonds is 2. The fourth-order valence-electron chi connectivity index (χ4n) is 3.32. The van der Waals surface area contributed by atoms with Crippen molar-refractivity contribution in [2.75, 3.05) is 19.6 Å². The van der Waals surface area contributed by atoms with Gasteiger partial charge in [0.2, 0.25) is 10.0 Å². The Morgan fingerprint density at radius 1 is 1.24 bits per heavy atom. The molecule has 116 valence electrons. The van der Waals surface area contributed by atoms with E-state index in [0.29, 0.717) is 29.8 Å². The number of hydrogen-bond acceptors (Lipinski definition) is 3. The van der Waals surface area contributed by atoms with Gasteiger partial charge in [0.1, 0.15) is 0 Å². The number of nitrogens with zero attached hydrogens (tertiary/aromatic N) is 1. The first-order valence-electron chi connectivity index (χ1n) is 7.82. The third kappa shape index (κ3) is 2.74. The average molecular weight is 308 g/mol. The Balaban J connectivity index is 1.96. The minimum absolute atomic E-state index is 0.426. The smallest absolute Gasteiger partial charge is 0.243 e.